The number of methoxy groups -OCH3 is 1. The van der Waals surface area contributed by atoms with Gasteiger partial charge in [-0.05, 0) is 35.7 Å². The molecule has 0 fully saturated rings. The van der Waals surface area contributed by atoms with E-state index in [0.717, 1.165) is 22.0 Å². The molecular formula is C23H26N4O4. The molecule has 3 amide bonds. The molecular weight excluding hydrogens is 396 g/mol. The molecule has 8 heteroatoms. The van der Waals surface area contributed by atoms with Gasteiger partial charge in [0.05, 0.1) is 13.0 Å². The maximum Gasteiger partial charge on any atom is 0.312 e. The highest BCUT2D eigenvalue weighted by Crippen LogP contribution is 2.20. The third kappa shape index (κ3) is 5.63. The molecule has 8 nitrogen and oxygen atoms in total. The third-order valence-electron chi connectivity index (χ3n) is 5.10. The Morgan fingerprint density at radius 2 is 1.77 bits per heavy atom. The molecule has 0 aliphatic heterocycles. The molecule has 162 valence electrons. The molecule has 5 N–H and O–H groups in total. The molecule has 2 unspecified atom stereocenters. The lowest BCUT2D eigenvalue weighted by Gasteiger charge is -2.17. The van der Waals surface area contributed by atoms with Crippen LogP contribution in [0.1, 0.15) is 18.1 Å². The highest BCUT2D eigenvalue weighted by Gasteiger charge is 2.22. The summed E-state index contributed by atoms with van der Waals surface area (Å²) >= 11 is 0. The van der Waals surface area contributed by atoms with Crippen LogP contribution in [0, 0.1) is 5.92 Å². The van der Waals surface area contributed by atoms with Crippen LogP contribution in [0.15, 0.2) is 54.7 Å². The number of H-pyrrole nitrogens is 1. The SMILES string of the molecule is COC(=O)C(C)Cc1ccc(NC(=O)C(Cc2c[nH]c3ccccc23)NC(N)=O)cc1. The summed E-state index contributed by atoms with van der Waals surface area (Å²) in [6, 6.07) is 13.3. The first kappa shape index (κ1) is 21.9. The van der Waals surface area contributed by atoms with Crippen molar-refractivity contribution in [2.24, 2.45) is 11.7 Å². The largest absolute Gasteiger partial charge is 0.469 e. The fraction of sp³-hybridized carbons (Fsp3) is 0.261. The highest BCUT2D eigenvalue weighted by molar-refractivity contribution is 5.97. The molecule has 3 rings (SSSR count). The summed E-state index contributed by atoms with van der Waals surface area (Å²) in [6.45, 7) is 1.80. The quantitative estimate of drug-likeness (QED) is 0.416. The van der Waals surface area contributed by atoms with Crippen molar-refractivity contribution in [1.29, 1.82) is 0 Å². The zero-order valence-corrected chi connectivity index (χ0v) is 17.5. The summed E-state index contributed by atoms with van der Waals surface area (Å²) in [5.74, 6) is -0.902. The van der Waals surface area contributed by atoms with Gasteiger partial charge in [0.2, 0.25) is 5.91 Å². The van der Waals surface area contributed by atoms with Gasteiger partial charge in [0.1, 0.15) is 6.04 Å². The lowest BCUT2D eigenvalue weighted by Crippen LogP contribution is -2.47. The maximum atomic E-state index is 12.8. The minimum Gasteiger partial charge on any atom is -0.469 e. The Bertz CT molecular complexity index is 1070. The monoisotopic (exact) mass is 422 g/mol. The molecule has 31 heavy (non-hydrogen) atoms. The number of hydrogen-bond donors (Lipinski definition) is 4. The topological polar surface area (TPSA) is 126 Å². The second-order valence-corrected chi connectivity index (χ2v) is 7.44. The number of para-hydroxylation sites is 1. The number of hydrogen-bond acceptors (Lipinski definition) is 4. The summed E-state index contributed by atoms with van der Waals surface area (Å²) in [5.41, 5.74) is 8.67. The molecule has 0 bridgehead atoms. The maximum absolute atomic E-state index is 12.8. The van der Waals surface area contributed by atoms with Crippen LogP contribution in [-0.2, 0) is 27.2 Å². The Hall–Kier alpha value is -3.81. The number of carbonyl (C=O) groups excluding carboxylic acids is 3. The fourth-order valence-electron chi connectivity index (χ4n) is 3.49. The molecule has 2 aromatic carbocycles. The zero-order chi connectivity index (χ0) is 22.4. The summed E-state index contributed by atoms with van der Waals surface area (Å²) in [5, 5.41) is 6.31. The van der Waals surface area contributed by atoms with Gasteiger partial charge in [-0.3, -0.25) is 9.59 Å². The first-order chi connectivity index (χ1) is 14.9. The first-order valence-corrected chi connectivity index (χ1v) is 9.96. The van der Waals surface area contributed by atoms with E-state index in [4.69, 9.17) is 10.5 Å². The summed E-state index contributed by atoms with van der Waals surface area (Å²) in [4.78, 5) is 39.1. The number of nitrogens with two attached hydrogens (primary N) is 1. The molecule has 1 aromatic heterocycles. The van der Waals surface area contributed by atoms with Gasteiger partial charge in [-0.15, -0.1) is 0 Å². The average molecular weight is 422 g/mol. The molecule has 3 aromatic rings. The first-order valence-electron chi connectivity index (χ1n) is 9.96. The highest BCUT2D eigenvalue weighted by atomic mass is 16.5. The molecule has 0 aliphatic rings. The fourth-order valence-corrected chi connectivity index (χ4v) is 3.49. The van der Waals surface area contributed by atoms with Crippen LogP contribution in [0.3, 0.4) is 0 Å². The van der Waals surface area contributed by atoms with Gasteiger partial charge < -0.3 is 26.1 Å². The van der Waals surface area contributed by atoms with Gasteiger partial charge in [0, 0.05) is 29.2 Å². The van der Waals surface area contributed by atoms with Crippen LogP contribution < -0.4 is 16.4 Å². The van der Waals surface area contributed by atoms with Crippen molar-refractivity contribution in [3.63, 3.8) is 0 Å². The van der Waals surface area contributed by atoms with Gasteiger partial charge in [-0.1, -0.05) is 37.3 Å². The van der Waals surface area contributed by atoms with E-state index in [1.165, 1.54) is 7.11 Å². The van der Waals surface area contributed by atoms with Crippen LogP contribution in [0.4, 0.5) is 10.5 Å². The van der Waals surface area contributed by atoms with Gasteiger partial charge in [-0.2, -0.15) is 0 Å². The number of nitrogens with one attached hydrogen (secondary N) is 3. The summed E-state index contributed by atoms with van der Waals surface area (Å²) in [7, 11) is 1.37. The third-order valence-corrected chi connectivity index (χ3v) is 5.10. The molecule has 2 atom stereocenters. The number of amides is 3. The summed E-state index contributed by atoms with van der Waals surface area (Å²) < 4.78 is 4.75. The number of esters is 1. The Balaban J connectivity index is 1.69. The van der Waals surface area contributed by atoms with E-state index in [1.807, 2.05) is 42.6 Å². The van der Waals surface area contributed by atoms with E-state index in [9.17, 15) is 14.4 Å². The Morgan fingerprint density at radius 3 is 2.45 bits per heavy atom. The van der Waals surface area contributed by atoms with Gasteiger partial charge >= 0.3 is 12.0 Å². The van der Waals surface area contributed by atoms with Crippen molar-refractivity contribution in [1.82, 2.24) is 10.3 Å². The number of aromatic nitrogens is 1. The zero-order valence-electron chi connectivity index (χ0n) is 17.5. The number of fused-ring (bicyclic) bond motifs is 1. The van der Waals surface area contributed by atoms with E-state index < -0.39 is 12.1 Å². The van der Waals surface area contributed by atoms with Crippen molar-refractivity contribution < 1.29 is 19.1 Å². The molecule has 0 saturated carbocycles. The predicted molar refractivity (Wildman–Crippen MR) is 118 cm³/mol. The predicted octanol–water partition coefficient (Wildman–Crippen LogP) is 2.74. The van der Waals surface area contributed by atoms with Crippen molar-refractivity contribution in [3.8, 4) is 0 Å². The van der Waals surface area contributed by atoms with E-state index >= 15 is 0 Å². The van der Waals surface area contributed by atoms with Crippen LogP contribution >= 0.6 is 0 Å². The number of primary amides is 1. The van der Waals surface area contributed by atoms with Crippen LogP contribution in [0.2, 0.25) is 0 Å². The lowest BCUT2D eigenvalue weighted by molar-refractivity contribution is -0.144. The molecule has 1 heterocycles. The molecule has 0 spiro atoms. The molecule has 0 radical (unpaired) electrons. The van der Waals surface area contributed by atoms with Crippen molar-refractivity contribution >= 4 is 34.5 Å². The van der Waals surface area contributed by atoms with Crippen molar-refractivity contribution in [3.05, 3.63) is 65.9 Å². The van der Waals surface area contributed by atoms with Crippen LogP contribution in [-0.4, -0.2) is 36.0 Å². The Labute approximate surface area is 180 Å². The lowest BCUT2D eigenvalue weighted by atomic mass is 10.0. The van der Waals surface area contributed by atoms with Gasteiger partial charge in [-0.25, -0.2) is 4.79 Å². The van der Waals surface area contributed by atoms with Crippen LogP contribution in [0.5, 0.6) is 0 Å². The minimum atomic E-state index is -0.837. The van der Waals surface area contributed by atoms with Gasteiger partial charge in [0.15, 0.2) is 0 Å². The molecule has 0 saturated heterocycles. The number of ether oxygens (including phenoxy) is 1. The minimum absolute atomic E-state index is 0.259. The normalized spacial score (nSPS) is 12.7. The smallest absolute Gasteiger partial charge is 0.312 e. The number of carbonyl (C=O) groups is 3. The number of urea groups is 1. The average Bonchev–Trinajstić information content (AvgIpc) is 3.16. The Kier molecular flexibility index (Phi) is 6.92. The number of aromatic amines is 1. The molecule has 0 aliphatic carbocycles. The second-order valence-electron chi connectivity index (χ2n) is 7.44. The Morgan fingerprint density at radius 1 is 1.06 bits per heavy atom. The number of anilines is 1. The van der Waals surface area contributed by atoms with Crippen molar-refractivity contribution in [2.45, 2.75) is 25.8 Å². The van der Waals surface area contributed by atoms with Gasteiger partial charge in [0.25, 0.3) is 0 Å². The van der Waals surface area contributed by atoms with E-state index in [1.54, 1.807) is 19.1 Å². The van der Waals surface area contributed by atoms with Crippen LogP contribution in [0.25, 0.3) is 10.9 Å². The number of rotatable bonds is 8. The van der Waals surface area contributed by atoms with E-state index in [-0.39, 0.29) is 24.2 Å². The van der Waals surface area contributed by atoms with E-state index in [0.29, 0.717) is 12.1 Å². The second kappa shape index (κ2) is 9.80. The summed E-state index contributed by atoms with van der Waals surface area (Å²) in [6.07, 6.45) is 2.64. The van der Waals surface area contributed by atoms with Crippen molar-refractivity contribution in [2.75, 3.05) is 12.4 Å². The number of benzene rings is 2. The standard InChI is InChI=1S/C23H26N4O4/c1-14(22(29)31-2)11-15-7-9-17(10-8-15)26-21(28)20(27-23(24)30)12-16-13-25-19-6-4-3-5-18(16)19/h3-10,13-14,20,25H,11-12H2,1-2H3,(H,26,28)(H3,24,27,30). The van der Waals surface area contributed by atoms with E-state index in [2.05, 4.69) is 15.6 Å².